The average Bonchev–Trinajstić information content (AvgIpc) is 3.34. The summed E-state index contributed by atoms with van der Waals surface area (Å²) in [6, 6.07) is 11.4. The molecule has 3 aromatic rings. The molecule has 2 aromatic carbocycles. The molecule has 2 heterocycles. The minimum absolute atomic E-state index is 0.00981. The van der Waals surface area contributed by atoms with Gasteiger partial charge in [-0.05, 0) is 35.7 Å². The molecule has 0 saturated carbocycles. The molecule has 10 heteroatoms. The number of aliphatic hydroxyl groups is 1. The van der Waals surface area contributed by atoms with Crippen LogP contribution in [0.3, 0.4) is 0 Å². The molecule has 0 unspecified atom stereocenters. The lowest BCUT2D eigenvalue weighted by molar-refractivity contribution is -0.159. The molecule has 0 bridgehead atoms. The Balaban J connectivity index is 1.53. The maximum atomic E-state index is 14.7. The number of nitrogens with two attached hydrogens (primary N) is 1. The topological polar surface area (TPSA) is 109 Å². The van der Waals surface area contributed by atoms with Crippen LogP contribution < -0.4 is 5.73 Å². The van der Waals surface area contributed by atoms with Crippen LogP contribution in [0.2, 0.25) is 5.02 Å². The highest BCUT2D eigenvalue weighted by atomic mass is 35.5. The number of hydrogen-bond donors (Lipinski definition) is 2. The molecule has 8 nitrogen and oxygen atoms in total. The van der Waals surface area contributed by atoms with Crippen molar-refractivity contribution in [3.05, 3.63) is 70.9 Å². The Labute approximate surface area is 193 Å². The molecule has 1 aliphatic rings. The van der Waals surface area contributed by atoms with Crippen molar-refractivity contribution in [3.8, 4) is 0 Å². The third-order valence-electron chi connectivity index (χ3n) is 5.76. The van der Waals surface area contributed by atoms with E-state index in [1.165, 1.54) is 21.7 Å². The molecule has 3 N–H and O–H groups in total. The highest BCUT2D eigenvalue weighted by Gasteiger charge is 2.43. The van der Waals surface area contributed by atoms with E-state index in [0.717, 1.165) is 0 Å². The van der Waals surface area contributed by atoms with E-state index in [9.17, 15) is 24.0 Å². The van der Waals surface area contributed by atoms with Crippen LogP contribution >= 0.6 is 11.6 Å². The smallest absolute Gasteiger partial charge is 0.323 e. The summed E-state index contributed by atoms with van der Waals surface area (Å²) in [6.07, 6.45) is 0.300. The number of benzene rings is 2. The van der Waals surface area contributed by atoms with E-state index in [-0.39, 0.29) is 31.1 Å². The Bertz CT molecular complexity index is 1230. The van der Waals surface area contributed by atoms with Gasteiger partial charge in [-0.3, -0.25) is 14.2 Å². The summed E-state index contributed by atoms with van der Waals surface area (Å²) in [5, 5.41) is 11.4. The third-order valence-corrected chi connectivity index (χ3v) is 6.00. The number of para-hydroxylation sites is 1. The number of primary amides is 1. The number of halogens is 2. The van der Waals surface area contributed by atoms with Crippen LogP contribution in [0.5, 0.6) is 0 Å². The largest absolute Gasteiger partial charge is 0.390 e. The lowest BCUT2D eigenvalue weighted by Gasteiger charge is -2.27. The number of aliphatic hydroxyl groups excluding tert-OH is 1. The first-order valence-corrected chi connectivity index (χ1v) is 10.7. The lowest BCUT2D eigenvalue weighted by atomic mass is 10.1. The van der Waals surface area contributed by atoms with Crippen molar-refractivity contribution in [1.29, 1.82) is 0 Å². The molecule has 1 aromatic heterocycles. The monoisotopic (exact) mass is 472 g/mol. The number of aromatic nitrogens is 1. The molecular weight excluding hydrogens is 451 g/mol. The average molecular weight is 473 g/mol. The normalized spacial score (nSPS) is 18.0. The summed E-state index contributed by atoms with van der Waals surface area (Å²) in [7, 11) is 0. The zero-order valence-corrected chi connectivity index (χ0v) is 18.3. The van der Waals surface area contributed by atoms with Crippen molar-refractivity contribution in [3.63, 3.8) is 0 Å². The van der Waals surface area contributed by atoms with Gasteiger partial charge in [-0.15, -0.1) is 0 Å². The molecule has 1 saturated heterocycles. The summed E-state index contributed by atoms with van der Waals surface area (Å²) >= 11 is 5.91. The number of carbonyl (C=O) groups is 3. The van der Waals surface area contributed by atoms with Crippen molar-refractivity contribution < 1.29 is 24.0 Å². The number of fused-ring (bicyclic) bond motifs is 1. The van der Waals surface area contributed by atoms with Crippen molar-refractivity contribution in [1.82, 2.24) is 14.6 Å². The summed E-state index contributed by atoms with van der Waals surface area (Å²) in [5.74, 6) is -1.47. The quantitative estimate of drug-likeness (QED) is 0.556. The highest BCUT2D eigenvalue weighted by Crippen LogP contribution is 2.26. The van der Waals surface area contributed by atoms with Gasteiger partial charge < -0.3 is 15.7 Å². The van der Waals surface area contributed by atoms with Gasteiger partial charge in [0.2, 0.25) is 5.91 Å². The van der Waals surface area contributed by atoms with Crippen LogP contribution in [0.1, 0.15) is 17.5 Å². The molecule has 1 fully saturated rings. The number of nitrogens with zero attached hydrogens (tertiary/aromatic N) is 3. The Morgan fingerprint density at radius 3 is 2.67 bits per heavy atom. The fourth-order valence-corrected chi connectivity index (χ4v) is 4.42. The minimum atomic E-state index is -1.34. The Hall–Kier alpha value is -3.43. The molecule has 33 heavy (non-hydrogen) atoms. The van der Waals surface area contributed by atoms with E-state index in [0.29, 0.717) is 27.1 Å². The SMILES string of the molecule is NC(=O)n1cc(CC(=O)N2CC[C@@H](O)[C@H]2C(=O)N(F)Cc2cccc(Cl)c2)c2ccccc21. The number of rotatable bonds is 5. The molecule has 4 rings (SSSR count). The van der Waals surface area contributed by atoms with Crippen LogP contribution in [0.15, 0.2) is 54.7 Å². The molecule has 2 atom stereocenters. The standard InChI is InChI=1S/C23H22ClFN4O4/c24-16-5-3-4-14(10-16)12-29(25)22(32)21-19(30)8-9-27(21)20(31)11-15-13-28(23(26)33)18-7-2-1-6-17(15)18/h1-7,10,13,19,21,30H,8-9,11-12H2,(H2,26,33)/t19-,21+/m1/s1. The maximum absolute atomic E-state index is 14.7. The van der Waals surface area contributed by atoms with E-state index in [4.69, 9.17) is 17.3 Å². The molecule has 3 amide bonds. The van der Waals surface area contributed by atoms with Gasteiger partial charge in [0.1, 0.15) is 6.04 Å². The second-order valence-electron chi connectivity index (χ2n) is 7.93. The van der Waals surface area contributed by atoms with Gasteiger partial charge in [0.05, 0.1) is 24.6 Å². The van der Waals surface area contributed by atoms with Crippen LogP contribution in [0, 0.1) is 0 Å². The Morgan fingerprint density at radius 1 is 1.18 bits per heavy atom. The van der Waals surface area contributed by atoms with Crippen molar-refractivity contribution in [2.24, 2.45) is 5.73 Å². The predicted molar refractivity (Wildman–Crippen MR) is 120 cm³/mol. The van der Waals surface area contributed by atoms with E-state index >= 15 is 0 Å². The van der Waals surface area contributed by atoms with Crippen molar-refractivity contribution >= 4 is 40.3 Å². The number of hydrogen-bond acceptors (Lipinski definition) is 4. The van der Waals surface area contributed by atoms with Gasteiger partial charge in [0, 0.05) is 23.2 Å². The van der Waals surface area contributed by atoms with E-state index < -0.39 is 30.0 Å². The number of likely N-dealkylation sites (tertiary alicyclic amines) is 1. The van der Waals surface area contributed by atoms with Gasteiger partial charge in [-0.25, -0.2) is 4.79 Å². The lowest BCUT2D eigenvalue weighted by Crippen LogP contribution is -2.49. The first-order chi connectivity index (χ1) is 15.8. The van der Waals surface area contributed by atoms with Gasteiger partial charge in [-0.2, -0.15) is 5.12 Å². The molecule has 0 spiro atoms. The predicted octanol–water partition coefficient (Wildman–Crippen LogP) is 2.64. The zero-order valence-electron chi connectivity index (χ0n) is 17.5. The number of carbonyl (C=O) groups excluding carboxylic acids is 3. The zero-order chi connectivity index (χ0) is 23.7. The van der Waals surface area contributed by atoms with Crippen LogP contribution in [0.25, 0.3) is 10.9 Å². The maximum Gasteiger partial charge on any atom is 0.323 e. The van der Waals surface area contributed by atoms with Gasteiger partial charge in [0.15, 0.2) is 0 Å². The van der Waals surface area contributed by atoms with Crippen molar-refractivity contribution in [2.75, 3.05) is 6.54 Å². The molecule has 172 valence electrons. The van der Waals surface area contributed by atoms with Crippen LogP contribution in [-0.2, 0) is 22.6 Å². The molecule has 1 aliphatic heterocycles. The minimum Gasteiger partial charge on any atom is -0.390 e. The summed E-state index contributed by atoms with van der Waals surface area (Å²) < 4.78 is 16.0. The summed E-state index contributed by atoms with van der Waals surface area (Å²) in [5.41, 5.74) is 7.00. The van der Waals surface area contributed by atoms with E-state index in [1.807, 2.05) is 0 Å². The fourth-order valence-electron chi connectivity index (χ4n) is 4.21. The summed E-state index contributed by atoms with van der Waals surface area (Å²) in [6.45, 7) is -0.257. The van der Waals surface area contributed by atoms with Crippen molar-refractivity contribution in [2.45, 2.75) is 31.5 Å². The Morgan fingerprint density at radius 2 is 1.94 bits per heavy atom. The first-order valence-electron chi connectivity index (χ1n) is 10.3. The van der Waals surface area contributed by atoms with E-state index in [2.05, 4.69) is 0 Å². The second kappa shape index (κ2) is 9.21. The van der Waals surface area contributed by atoms with Gasteiger partial charge >= 0.3 is 6.03 Å². The molecule has 0 radical (unpaired) electrons. The summed E-state index contributed by atoms with van der Waals surface area (Å²) in [4.78, 5) is 38.9. The highest BCUT2D eigenvalue weighted by molar-refractivity contribution is 6.30. The fraction of sp³-hybridized carbons (Fsp3) is 0.261. The van der Waals surface area contributed by atoms with Gasteiger partial charge in [0.25, 0.3) is 5.91 Å². The third kappa shape index (κ3) is 4.55. The van der Waals surface area contributed by atoms with Crippen LogP contribution in [-0.4, -0.2) is 56.2 Å². The first kappa shape index (κ1) is 22.8. The number of amides is 3. The van der Waals surface area contributed by atoms with E-state index in [1.54, 1.807) is 42.5 Å². The second-order valence-corrected chi connectivity index (χ2v) is 8.37. The molecule has 0 aliphatic carbocycles. The Kier molecular flexibility index (Phi) is 6.35. The molecular formula is C23H22ClFN4O4. The van der Waals surface area contributed by atoms with Gasteiger partial charge in [-0.1, -0.05) is 46.4 Å². The van der Waals surface area contributed by atoms with Crippen LogP contribution in [0.4, 0.5) is 9.28 Å².